The first-order valence-corrected chi connectivity index (χ1v) is 10.0. The summed E-state index contributed by atoms with van der Waals surface area (Å²) in [4.78, 5) is 8.97. The third-order valence-corrected chi connectivity index (χ3v) is 5.29. The molecule has 0 saturated carbocycles. The van der Waals surface area contributed by atoms with Crippen molar-refractivity contribution in [2.45, 2.75) is 19.9 Å². The molecule has 31 heavy (non-hydrogen) atoms. The highest BCUT2D eigenvalue weighted by molar-refractivity contribution is 5.86. The van der Waals surface area contributed by atoms with Crippen LogP contribution in [-0.4, -0.2) is 29.3 Å². The first-order chi connectivity index (χ1) is 15.0. The van der Waals surface area contributed by atoms with E-state index >= 15 is 0 Å². The van der Waals surface area contributed by atoms with Crippen molar-refractivity contribution in [2.75, 3.05) is 19.5 Å². The Kier molecular flexibility index (Phi) is 5.62. The number of benzene rings is 2. The highest BCUT2D eigenvalue weighted by Crippen LogP contribution is 2.40. The van der Waals surface area contributed by atoms with Gasteiger partial charge in [-0.1, -0.05) is 24.3 Å². The molecule has 2 aromatic heterocycles. The Morgan fingerprint density at radius 2 is 1.77 bits per heavy atom. The van der Waals surface area contributed by atoms with Gasteiger partial charge >= 0.3 is 0 Å². The Balaban J connectivity index is 1.91. The van der Waals surface area contributed by atoms with E-state index in [0.717, 1.165) is 22.2 Å². The Morgan fingerprint density at radius 3 is 2.48 bits per heavy atom. The van der Waals surface area contributed by atoms with Crippen LogP contribution in [0.5, 0.6) is 17.2 Å². The van der Waals surface area contributed by atoms with Gasteiger partial charge in [0.25, 0.3) is 0 Å². The summed E-state index contributed by atoms with van der Waals surface area (Å²) in [5.41, 5.74) is 3.95. The minimum absolute atomic E-state index is 0.141. The molecule has 2 heterocycles. The fourth-order valence-electron chi connectivity index (χ4n) is 3.80. The monoisotopic (exact) mass is 415 g/mol. The second-order valence-corrected chi connectivity index (χ2v) is 7.39. The number of aryl methyl sites for hydroxylation is 2. The maximum Gasteiger partial charge on any atom is 0.163 e. The molecule has 6 heteroatoms. The smallest absolute Gasteiger partial charge is 0.163 e. The molecule has 2 N–H and O–H groups in total. The van der Waals surface area contributed by atoms with Gasteiger partial charge in [-0.05, 0) is 55.3 Å². The number of ether oxygens (including phenoxy) is 2. The topological polar surface area (TPSA) is 76.5 Å². The van der Waals surface area contributed by atoms with Crippen LogP contribution >= 0.6 is 0 Å². The molecule has 158 valence electrons. The second kappa shape index (κ2) is 8.52. The number of phenolic OH excluding ortho intramolecular Hbond substituents is 1. The Bertz CT molecular complexity index is 1230. The van der Waals surface area contributed by atoms with Crippen LogP contribution in [0.1, 0.15) is 28.4 Å². The second-order valence-electron chi connectivity index (χ2n) is 7.39. The van der Waals surface area contributed by atoms with E-state index in [1.165, 1.54) is 0 Å². The number of aromatic hydroxyl groups is 1. The molecule has 0 fully saturated rings. The van der Waals surface area contributed by atoms with Crippen molar-refractivity contribution < 1.29 is 14.6 Å². The Labute approximate surface area is 181 Å². The first-order valence-electron chi connectivity index (χ1n) is 10.0. The molecule has 4 aromatic rings. The summed E-state index contributed by atoms with van der Waals surface area (Å²) >= 11 is 0. The molecule has 6 nitrogen and oxygen atoms in total. The molecular weight excluding hydrogens is 390 g/mol. The number of rotatable bonds is 6. The van der Waals surface area contributed by atoms with Crippen LogP contribution in [0.25, 0.3) is 10.9 Å². The lowest BCUT2D eigenvalue weighted by atomic mass is 9.94. The summed E-state index contributed by atoms with van der Waals surface area (Å²) in [5, 5.41) is 15.5. The van der Waals surface area contributed by atoms with E-state index in [-0.39, 0.29) is 11.8 Å². The Morgan fingerprint density at radius 1 is 0.968 bits per heavy atom. The number of hydrogen-bond donors (Lipinski definition) is 2. The average molecular weight is 415 g/mol. The van der Waals surface area contributed by atoms with E-state index in [0.29, 0.717) is 28.4 Å². The fourth-order valence-corrected chi connectivity index (χ4v) is 3.80. The number of hydrogen-bond acceptors (Lipinski definition) is 6. The van der Waals surface area contributed by atoms with Crippen molar-refractivity contribution in [3.05, 3.63) is 83.2 Å². The summed E-state index contributed by atoms with van der Waals surface area (Å²) in [7, 11) is 3.24. The normalized spacial score (nSPS) is 11.9. The standard InChI is InChI=1S/C25H25N3O3/c1-15-13-18(14-20(30-3)25(15)31-4)22(28-21-7-5-6-12-26-21)19-11-10-17-9-8-16(2)27-23(17)24(19)29/h5-14,22,29H,1-4H3,(H,26,28). The van der Waals surface area contributed by atoms with Crippen molar-refractivity contribution in [1.82, 2.24) is 9.97 Å². The van der Waals surface area contributed by atoms with E-state index < -0.39 is 0 Å². The third-order valence-electron chi connectivity index (χ3n) is 5.29. The average Bonchev–Trinajstić information content (AvgIpc) is 2.78. The molecule has 1 unspecified atom stereocenters. The quantitative estimate of drug-likeness (QED) is 0.452. The number of nitrogens with zero attached hydrogens (tertiary/aromatic N) is 2. The van der Waals surface area contributed by atoms with Gasteiger partial charge in [0, 0.05) is 22.8 Å². The third kappa shape index (κ3) is 3.97. The molecule has 4 rings (SSSR count). The minimum atomic E-state index is -0.389. The molecule has 0 radical (unpaired) electrons. The Hall–Kier alpha value is -3.80. The van der Waals surface area contributed by atoms with Gasteiger partial charge in [0.05, 0.1) is 20.3 Å². The van der Waals surface area contributed by atoms with Gasteiger partial charge in [0.1, 0.15) is 17.1 Å². The summed E-state index contributed by atoms with van der Waals surface area (Å²) < 4.78 is 11.1. The van der Waals surface area contributed by atoms with Crippen LogP contribution in [-0.2, 0) is 0 Å². The maximum atomic E-state index is 11.2. The lowest BCUT2D eigenvalue weighted by Gasteiger charge is -2.24. The van der Waals surface area contributed by atoms with Crippen molar-refractivity contribution in [2.24, 2.45) is 0 Å². The zero-order chi connectivity index (χ0) is 22.0. The van der Waals surface area contributed by atoms with Gasteiger partial charge in [0.15, 0.2) is 11.5 Å². The maximum absolute atomic E-state index is 11.2. The first kappa shape index (κ1) is 20.5. The van der Waals surface area contributed by atoms with Gasteiger partial charge in [-0.2, -0.15) is 0 Å². The lowest BCUT2D eigenvalue weighted by Crippen LogP contribution is -2.14. The number of pyridine rings is 2. The number of nitrogens with one attached hydrogen (secondary N) is 1. The molecule has 0 amide bonds. The molecule has 0 aliphatic heterocycles. The zero-order valence-electron chi connectivity index (χ0n) is 18.0. The highest BCUT2D eigenvalue weighted by Gasteiger charge is 2.23. The van der Waals surface area contributed by atoms with E-state index in [9.17, 15) is 5.11 Å². The van der Waals surface area contributed by atoms with Crippen LogP contribution in [0, 0.1) is 13.8 Å². The predicted octanol–water partition coefficient (Wildman–Crippen LogP) is 5.17. The number of fused-ring (bicyclic) bond motifs is 1. The number of methoxy groups -OCH3 is 2. The molecule has 0 saturated heterocycles. The lowest BCUT2D eigenvalue weighted by molar-refractivity contribution is 0.352. The van der Waals surface area contributed by atoms with Crippen molar-refractivity contribution >= 4 is 16.7 Å². The molecule has 0 aliphatic carbocycles. The number of aromatic nitrogens is 2. The SMILES string of the molecule is COc1cc(C(Nc2ccccn2)c2ccc3ccc(C)nc3c2O)cc(C)c1OC. The van der Waals surface area contributed by atoms with Crippen molar-refractivity contribution in [1.29, 1.82) is 0 Å². The van der Waals surface area contributed by atoms with Gasteiger partial charge < -0.3 is 19.9 Å². The largest absolute Gasteiger partial charge is 0.505 e. The number of anilines is 1. The van der Waals surface area contributed by atoms with Crippen LogP contribution < -0.4 is 14.8 Å². The highest BCUT2D eigenvalue weighted by atomic mass is 16.5. The van der Waals surface area contributed by atoms with Crippen molar-refractivity contribution in [3.8, 4) is 17.2 Å². The van der Waals surface area contributed by atoms with Gasteiger partial charge in [-0.25, -0.2) is 9.97 Å². The summed E-state index contributed by atoms with van der Waals surface area (Å²) in [6, 6.07) is 17.0. The molecule has 1 atom stereocenters. The fraction of sp³-hybridized carbons (Fsp3) is 0.200. The van der Waals surface area contributed by atoms with Crippen LogP contribution in [0.2, 0.25) is 0 Å². The molecule has 0 aliphatic rings. The zero-order valence-corrected chi connectivity index (χ0v) is 18.0. The van der Waals surface area contributed by atoms with Crippen molar-refractivity contribution in [3.63, 3.8) is 0 Å². The number of phenols is 1. The van der Waals surface area contributed by atoms with E-state index in [1.807, 2.05) is 68.4 Å². The van der Waals surface area contributed by atoms with Gasteiger partial charge in [-0.15, -0.1) is 0 Å². The molecule has 0 bridgehead atoms. The minimum Gasteiger partial charge on any atom is -0.505 e. The molecule has 2 aromatic carbocycles. The molecule has 0 spiro atoms. The summed E-state index contributed by atoms with van der Waals surface area (Å²) in [5.74, 6) is 2.14. The van der Waals surface area contributed by atoms with E-state index in [4.69, 9.17) is 9.47 Å². The molecular formula is C25H25N3O3. The summed E-state index contributed by atoms with van der Waals surface area (Å²) in [6.07, 6.45) is 1.73. The van der Waals surface area contributed by atoms with E-state index in [1.54, 1.807) is 20.4 Å². The van der Waals surface area contributed by atoms with Crippen LogP contribution in [0.3, 0.4) is 0 Å². The van der Waals surface area contributed by atoms with E-state index in [2.05, 4.69) is 15.3 Å². The predicted molar refractivity (Wildman–Crippen MR) is 122 cm³/mol. The summed E-state index contributed by atoms with van der Waals surface area (Å²) in [6.45, 7) is 3.88. The van der Waals surface area contributed by atoms with Crippen LogP contribution in [0.15, 0.2) is 60.8 Å². The van der Waals surface area contributed by atoms with Gasteiger partial charge in [0.2, 0.25) is 0 Å². The van der Waals surface area contributed by atoms with Crippen LogP contribution in [0.4, 0.5) is 5.82 Å². The van der Waals surface area contributed by atoms with Gasteiger partial charge in [-0.3, -0.25) is 0 Å².